The van der Waals surface area contributed by atoms with Crippen LogP contribution in [0.3, 0.4) is 0 Å². The zero-order chi connectivity index (χ0) is 19.3. The van der Waals surface area contributed by atoms with Gasteiger partial charge in [0.05, 0.1) is 17.1 Å². The second kappa shape index (κ2) is 6.52. The first-order chi connectivity index (χ1) is 12.9. The molecule has 0 fully saturated rings. The third-order valence-corrected chi connectivity index (χ3v) is 5.78. The molecule has 0 aliphatic heterocycles. The number of fused-ring (bicyclic) bond motifs is 2. The van der Waals surface area contributed by atoms with E-state index in [-0.39, 0.29) is 0 Å². The normalized spacial score (nSPS) is 12.0. The molecule has 0 aliphatic carbocycles. The van der Waals surface area contributed by atoms with Gasteiger partial charge >= 0.3 is 0 Å². The number of rotatable bonds is 4. The molecule has 0 unspecified atom stereocenters. The molecule has 140 valence electrons. The molecule has 0 atom stereocenters. The van der Waals surface area contributed by atoms with Crippen molar-refractivity contribution in [1.82, 2.24) is 19.2 Å². The molecule has 3 aromatic heterocycles. The summed E-state index contributed by atoms with van der Waals surface area (Å²) >= 11 is 0. The van der Waals surface area contributed by atoms with Crippen molar-refractivity contribution in [2.75, 3.05) is 0 Å². The van der Waals surface area contributed by atoms with Gasteiger partial charge in [0.15, 0.2) is 5.65 Å². The minimum Gasteiger partial charge on any atom is -0.342 e. The monoisotopic (exact) mass is 360 g/mol. The van der Waals surface area contributed by atoms with Gasteiger partial charge < -0.3 is 4.57 Å². The summed E-state index contributed by atoms with van der Waals surface area (Å²) in [5, 5.41) is 6.11. The summed E-state index contributed by atoms with van der Waals surface area (Å²) in [7, 11) is 2.13. The Balaban J connectivity index is 2.03. The molecule has 0 spiro atoms. The van der Waals surface area contributed by atoms with Gasteiger partial charge in [-0.15, -0.1) is 0 Å². The Morgan fingerprint density at radius 3 is 2.44 bits per heavy atom. The molecule has 3 heterocycles. The van der Waals surface area contributed by atoms with Gasteiger partial charge in [-0.3, -0.25) is 0 Å². The maximum atomic E-state index is 4.96. The minimum absolute atomic E-state index is 0.513. The fourth-order valence-corrected chi connectivity index (χ4v) is 4.30. The molecule has 0 aliphatic rings. The standard InChI is InChI=1S/C23H28N4/c1-7-17(8-2)19-12-15(4)25-27-22(16(5)24-23(19)27)21-13-18-11-14(3)9-10-20(18)26(21)6/h9-13,17H,7-8H2,1-6H3. The first-order valence-corrected chi connectivity index (χ1v) is 9.87. The van der Waals surface area contributed by atoms with Crippen LogP contribution in [-0.4, -0.2) is 19.2 Å². The average molecular weight is 361 g/mol. The van der Waals surface area contributed by atoms with Gasteiger partial charge in [-0.1, -0.05) is 25.5 Å². The lowest BCUT2D eigenvalue weighted by Gasteiger charge is -2.15. The molecule has 0 radical (unpaired) electrons. The molecule has 0 amide bonds. The highest BCUT2D eigenvalue weighted by Gasteiger charge is 2.21. The summed E-state index contributed by atoms with van der Waals surface area (Å²) in [4.78, 5) is 4.96. The van der Waals surface area contributed by atoms with Crippen molar-refractivity contribution in [1.29, 1.82) is 0 Å². The van der Waals surface area contributed by atoms with E-state index in [0.29, 0.717) is 5.92 Å². The van der Waals surface area contributed by atoms with E-state index in [1.807, 2.05) is 0 Å². The fourth-order valence-electron chi connectivity index (χ4n) is 4.30. The third kappa shape index (κ3) is 2.75. The molecular formula is C23H28N4. The molecule has 0 N–H and O–H groups in total. The molecule has 4 rings (SSSR count). The van der Waals surface area contributed by atoms with Crippen molar-refractivity contribution in [3.05, 3.63) is 52.8 Å². The lowest BCUT2D eigenvalue weighted by Crippen LogP contribution is -2.05. The van der Waals surface area contributed by atoms with Crippen molar-refractivity contribution in [3.8, 4) is 11.4 Å². The first kappa shape index (κ1) is 17.8. The van der Waals surface area contributed by atoms with Crippen LogP contribution in [0.4, 0.5) is 0 Å². The highest BCUT2D eigenvalue weighted by molar-refractivity contribution is 5.87. The Bertz CT molecular complexity index is 1140. The summed E-state index contributed by atoms with van der Waals surface area (Å²) in [5.74, 6) is 0.513. The van der Waals surface area contributed by atoms with Crippen LogP contribution < -0.4 is 0 Å². The number of benzene rings is 1. The van der Waals surface area contributed by atoms with Crippen LogP contribution in [0.15, 0.2) is 30.3 Å². The molecule has 0 saturated heterocycles. The lowest BCUT2D eigenvalue weighted by atomic mass is 9.95. The average Bonchev–Trinajstić information content (AvgIpc) is 3.12. The zero-order valence-corrected chi connectivity index (χ0v) is 17.2. The Morgan fingerprint density at radius 1 is 1.00 bits per heavy atom. The summed E-state index contributed by atoms with van der Waals surface area (Å²) in [6, 6.07) is 11.1. The summed E-state index contributed by atoms with van der Waals surface area (Å²) < 4.78 is 4.32. The van der Waals surface area contributed by atoms with E-state index in [2.05, 4.69) is 81.1 Å². The predicted molar refractivity (Wildman–Crippen MR) is 112 cm³/mol. The summed E-state index contributed by atoms with van der Waals surface area (Å²) in [6.45, 7) is 10.8. The van der Waals surface area contributed by atoms with Crippen molar-refractivity contribution in [3.63, 3.8) is 0 Å². The topological polar surface area (TPSA) is 35.1 Å². The van der Waals surface area contributed by atoms with Gasteiger partial charge in [-0.2, -0.15) is 5.10 Å². The quantitative estimate of drug-likeness (QED) is 0.467. The SMILES string of the molecule is CCC(CC)c1cc(C)nn2c(-c3cc4cc(C)ccc4n3C)c(C)nc12. The van der Waals surface area contributed by atoms with Crippen LogP contribution in [-0.2, 0) is 7.05 Å². The summed E-state index contributed by atoms with van der Waals surface area (Å²) in [5.41, 5.74) is 9.16. The maximum absolute atomic E-state index is 4.96. The zero-order valence-electron chi connectivity index (χ0n) is 17.2. The fraction of sp³-hybridized carbons (Fsp3) is 0.391. The highest BCUT2D eigenvalue weighted by atomic mass is 15.3. The van der Waals surface area contributed by atoms with E-state index in [0.717, 1.165) is 41.3 Å². The Morgan fingerprint density at radius 2 is 1.74 bits per heavy atom. The number of aryl methyl sites for hydroxylation is 4. The van der Waals surface area contributed by atoms with E-state index in [9.17, 15) is 0 Å². The molecule has 4 aromatic rings. The van der Waals surface area contributed by atoms with Crippen molar-refractivity contribution < 1.29 is 0 Å². The van der Waals surface area contributed by atoms with E-state index in [4.69, 9.17) is 10.1 Å². The molecule has 4 heteroatoms. The molecular weight excluding hydrogens is 332 g/mol. The predicted octanol–water partition coefficient (Wildman–Crippen LogP) is 5.72. The first-order valence-electron chi connectivity index (χ1n) is 9.87. The van der Waals surface area contributed by atoms with E-state index < -0.39 is 0 Å². The second-order valence-corrected chi connectivity index (χ2v) is 7.69. The van der Waals surface area contributed by atoms with Crippen LogP contribution in [0.5, 0.6) is 0 Å². The van der Waals surface area contributed by atoms with E-state index in [1.54, 1.807) is 0 Å². The van der Waals surface area contributed by atoms with Crippen LogP contribution >= 0.6 is 0 Å². The van der Waals surface area contributed by atoms with Gasteiger partial charge in [0, 0.05) is 23.5 Å². The lowest BCUT2D eigenvalue weighted by molar-refractivity contribution is 0.638. The van der Waals surface area contributed by atoms with Gasteiger partial charge in [0.2, 0.25) is 0 Å². The van der Waals surface area contributed by atoms with Crippen molar-refractivity contribution in [2.24, 2.45) is 7.05 Å². The second-order valence-electron chi connectivity index (χ2n) is 7.69. The van der Waals surface area contributed by atoms with E-state index in [1.165, 1.54) is 22.0 Å². The number of hydrogen-bond acceptors (Lipinski definition) is 2. The van der Waals surface area contributed by atoms with Crippen LogP contribution in [0.25, 0.3) is 27.9 Å². The Hall–Kier alpha value is -2.62. The number of nitrogens with zero attached hydrogens (tertiary/aromatic N) is 4. The van der Waals surface area contributed by atoms with Gasteiger partial charge in [-0.25, -0.2) is 9.50 Å². The smallest absolute Gasteiger partial charge is 0.158 e. The maximum Gasteiger partial charge on any atom is 0.158 e. The van der Waals surface area contributed by atoms with Crippen LogP contribution in [0.1, 0.15) is 55.1 Å². The number of aromatic nitrogens is 4. The van der Waals surface area contributed by atoms with Crippen molar-refractivity contribution in [2.45, 2.75) is 53.4 Å². The molecule has 0 bridgehead atoms. The van der Waals surface area contributed by atoms with Crippen LogP contribution in [0, 0.1) is 20.8 Å². The minimum atomic E-state index is 0.513. The van der Waals surface area contributed by atoms with Crippen LogP contribution in [0.2, 0.25) is 0 Å². The Kier molecular flexibility index (Phi) is 4.29. The summed E-state index contributed by atoms with van der Waals surface area (Å²) in [6.07, 6.45) is 2.23. The van der Waals surface area contributed by atoms with Gasteiger partial charge in [0.1, 0.15) is 5.69 Å². The largest absolute Gasteiger partial charge is 0.342 e. The number of hydrogen-bond donors (Lipinski definition) is 0. The molecule has 27 heavy (non-hydrogen) atoms. The third-order valence-electron chi connectivity index (χ3n) is 5.78. The van der Waals surface area contributed by atoms with E-state index >= 15 is 0 Å². The molecule has 0 saturated carbocycles. The molecule has 4 nitrogen and oxygen atoms in total. The van der Waals surface area contributed by atoms with Crippen molar-refractivity contribution >= 4 is 16.6 Å². The molecule has 1 aromatic carbocycles. The highest BCUT2D eigenvalue weighted by Crippen LogP contribution is 2.33. The van der Waals surface area contributed by atoms with Gasteiger partial charge in [-0.05, 0) is 63.8 Å². The van der Waals surface area contributed by atoms with Gasteiger partial charge in [0.25, 0.3) is 0 Å². The number of imidazole rings is 1. The Labute approximate surface area is 160 Å².